The zero-order valence-electron chi connectivity index (χ0n) is 13.8. The zero-order chi connectivity index (χ0) is 14.4. The Morgan fingerprint density at radius 2 is 1.86 bits per heavy atom. The number of likely N-dealkylation sites (N-methyl/N-ethyl adjacent to an activating group) is 1. The summed E-state index contributed by atoms with van der Waals surface area (Å²) in [5, 5.41) is 3.40. The molecule has 1 N–H and O–H groups in total. The van der Waals surface area contributed by atoms with Crippen LogP contribution >= 0.6 is 24.8 Å². The van der Waals surface area contributed by atoms with Crippen LogP contribution in [0.25, 0.3) is 0 Å². The van der Waals surface area contributed by atoms with Crippen LogP contribution in [0, 0.1) is 5.92 Å². The maximum Gasteiger partial charge on any atom is 0.253 e. The summed E-state index contributed by atoms with van der Waals surface area (Å²) >= 11 is 0. The van der Waals surface area contributed by atoms with Gasteiger partial charge in [-0.05, 0) is 38.4 Å². The lowest BCUT2D eigenvalue weighted by Crippen LogP contribution is -2.52. The monoisotopic (exact) mass is 355 g/mol. The van der Waals surface area contributed by atoms with Crippen LogP contribution in [0.15, 0.2) is 0 Å². The van der Waals surface area contributed by atoms with Crippen molar-refractivity contribution in [2.45, 2.75) is 32.8 Å². The standard InChI is InChI=1S/C15H29N3O2.2ClH/c1-3-16-11-13-5-7-18(8-6-13)15(19)14-12-17(4-2)9-10-20-14;;/h13-14,16H,3-12H2,1-2H3;2*1H. The number of carbonyl (C=O) groups is 1. The average Bonchev–Trinajstić information content (AvgIpc) is 2.52. The molecule has 0 radical (unpaired) electrons. The molecule has 0 spiro atoms. The van der Waals surface area contributed by atoms with Gasteiger partial charge < -0.3 is 15.0 Å². The third-order valence-electron chi connectivity index (χ3n) is 4.48. The van der Waals surface area contributed by atoms with E-state index in [4.69, 9.17) is 4.74 Å². The fourth-order valence-electron chi connectivity index (χ4n) is 3.05. The van der Waals surface area contributed by atoms with E-state index in [2.05, 4.69) is 24.1 Å². The van der Waals surface area contributed by atoms with Crippen LogP contribution in [0.3, 0.4) is 0 Å². The summed E-state index contributed by atoms with van der Waals surface area (Å²) in [4.78, 5) is 16.8. The molecule has 7 heteroatoms. The number of carbonyl (C=O) groups excluding carboxylic acids is 1. The van der Waals surface area contributed by atoms with E-state index in [-0.39, 0.29) is 36.8 Å². The molecule has 0 aromatic carbocycles. The first kappa shape index (κ1) is 21.9. The topological polar surface area (TPSA) is 44.8 Å². The molecule has 2 aliphatic heterocycles. The highest BCUT2D eigenvalue weighted by molar-refractivity contribution is 5.85. The van der Waals surface area contributed by atoms with E-state index in [0.29, 0.717) is 6.61 Å². The van der Waals surface area contributed by atoms with E-state index in [1.165, 1.54) is 0 Å². The molecule has 0 aliphatic carbocycles. The number of rotatable bonds is 5. The lowest BCUT2D eigenvalue weighted by Gasteiger charge is -2.37. The third-order valence-corrected chi connectivity index (χ3v) is 4.48. The molecule has 2 fully saturated rings. The molecule has 5 nitrogen and oxygen atoms in total. The van der Waals surface area contributed by atoms with Crippen molar-refractivity contribution in [1.82, 2.24) is 15.1 Å². The molecule has 1 amide bonds. The summed E-state index contributed by atoms with van der Waals surface area (Å²) in [5.41, 5.74) is 0. The summed E-state index contributed by atoms with van der Waals surface area (Å²) in [7, 11) is 0. The van der Waals surface area contributed by atoms with Crippen molar-refractivity contribution < 1.29 is 9.53 Å². The van der Waals surface area contributed by atoms with Crippen LogP contribution in [-0.4, -0.2) is 74.2 Å². The second-order valence-corrected chi connectivity index (χ2v) is 5.83. The summed E-state index contributed by atoms with van der Waals surface area (Å²) in [6, 6.07) is 0. The average molecular weight is 356 g/mol. The Balaban J connectivity index is 0.00000220. The predicted molar refractivity (Wildman–Crippen MR) is 94.2 cm³/mol. The van der Waals surface area contributed by atoms with Gasteiger partial charge in [0.2, 0.25) is 0 Å². The number of nitrogens with zero attached hydrogens (tertiary/aromatic N) is 2. The number of nitrogens with one attached hydrogen (secondary N) is 1. The Bertz CT molecular complexity index is 313. The second kappa shape index (κ2) is 11.5. The minimum atomic E-state index is -0.242. The second-order valence-electron chi connectivity index (χ2n) is 5.83. The Labute approximate surface area is 146 Å². The first-order valence-corrected chi connectivity index (χ1v) is 8.08. The molecule has 1 unspecified atom stereocenters. The van der Waals surface area contributed by atoms with E-state index < -0.39 is 0 Å². The Morgan fingerprint density at radius 3 is 2.45 bits per heavy atom. The molecule has 22 heavy (non-hydrogen) atoms. The fourth-order valence-corrected chi connectivity index (χ4v) is 3.05. The van der Waals surface area contributed by atoms with Crippen LogP contribution in [0.4, 0.5) is 0 Å². The zero-order valence-corrected chi connectivity index (χ0v) is 15.4. The molecule has 0 bridgehead atoms. The molecular formula is C15H31Cl2N3O2. The quantitative estimate of drug-likeness (QED) is 0.809. The summed E-state index contributed by atoms with van der Waals surface area (Å²) < 4.78 is 5.67. The predicted octanol–water partition coefficient (Wildman–Crippen LogP) is 1.40. The van der Waals surface area contributed by atoms with Crippen molar-refractivity contribution in [3.05, 3.63) is 0 Å². The van der Waals surface area contributed by atoms with E-state index in [1.807, 2.05) is 4.90 Å². The lowest BCUT2D eigenvalue weighted by atomic mass is 9.96. The number of ether oxygens (including phenoxy) is 1. The molecule has 2 aliphatic rings. The molecule has 132 valence electrons. The first-order chi connectivity index (χ1) is 9.74. The van der Waals surface area contributed by atoms with Crippen molar-refractivity contribution in [1.29, 1.82) is 0 Å². The van der Waals surface area contributed by atoms with Gasteiger partial charge in [0.25, 0.3) is 5.91 Å². The molecular weight excluding hydrogens is 325 g/mol. The van der Waals surface area contributed by atoms with Crippen molar-refractivity contribution in [3.8, 4) is 0 Å². The van der Waals surface area contributed by atoms with E-state index in [0.717, 1.165) is 64.6 Å². The Kier molecular flexibility index (Phi) is 11.4. The largest absolute Gasteiger partial charge is 0.366 e. The Hall–Kier alpha value is -0.0700. The lowest BCUT2D eigenvalue weighted by molar-refractivity contribution is -0.150. The molecule has 1 atom stereocenters. The van der Waals surface area contributed by atoms with E-state index in [1.54, 1.807) is 0 Å². The SMILES string of the molecule is CCNCC1CCN(C(=O)C2CN(CC)CCO2)CC1.Cl.Cl. The van der Waals surface area contributed by atoms with Gasteiger partial charge in [-0.2, -0.15) is 0 Å². The normalized spacial score (nSPS) is 23.5. The number of likely N-dealkylation sites (tertiary alicyclic amines) is 1. The van der Waals surface area contributed by atoms with Gasteiger partial charge in [-0.25, -0.2) is 0 Å². The maximum atomic E-state index is 12.5. The van der Waals surface area contributed by atoms with Crippen LogP contribution in [0.1, 0.15) is 26.7 Å². The third kappa shape index (κ3) is 6.20. The highest BCUT2D eigenvalue weighted by Gasteiger charge is 2.31. The number of hydrogen-bond donors (Lipinski definition) is 1. The van der Waals surface area contributed by atoms with Crippen LogP contribution < -0.4 is 5.32 Å². The van der Waals surface area contributed by atoms with Crippen molar-refractivity contribution >= 4 is 30.7 Å². The molecule has 0 aromatic rings. The molecule has 2 rings (SSSR count). The smallest absolute Gasteiger partial charge is 0.253 e. The number of hydrogen-bond acceptors (Lipinski definition) is 4. The van der Waals surface area contributed by atoms with Gasteiger partial charge in [0.1, 0.15) is 6.10 Å². The molecule has 2 saturated heterocycles. The highest BCUT2D eigenvalue weighted by atomic mass is 35.5. The van der Waals surface area contributed by atoms with Gasteiger partial charge >= 0.3 is 0 Å². The number of piperidine rings is 1. The van der Waals surface area contributed by atoms with Crippen LogP contribution in [0.5, 0.6) is 0 Å². The first-order valence-electron chi connectivity index (χ1n) is 8.08. The van der Waals surface area contributed by atoms with Crippen molar-refractivity contribution in [2.75, 3.05) is 52.4 Å². The van der Waals surface area contributed by atoms with Gasteiger partial charge in [-0.3, -0.25) is 9.69 Å². The van der Waals surface area contributed by atoms with Crippen LogP contribution in [-0.2, 0) is 9.53 Å². The van der Waals surface area contributed by atoms with Gasteiger partial charge in [0, 0.05) is 26.2 Å². The van der Waals surface area contributed by atoms with Crippen LogP contribution in [0.2, 0.25) is 0 Å². The minimum absolute atomic E-state index is 0. The maximum absolute atomic E-state index is 12.5. The highest BCUT2D eigenvalue weighted by Crippen LogP contribution is 2.18. The number of morpholine rings is 1. The molecule has 0 saturated carbocycles. The summed E-state index contributed by atoms with van der Waals surface area (Å²) in [5.74, 6) is 0.920. The van der Waals surface area contributed by atoms with Crippen molar-refractivity contribution in [2.24, 2.45) is 5.92 Å². The van der Waals surface area contributed by atoms with Gasteiger partial charge in [-0.15, -0.1) is 24.8 Å². The molecule has 0 aromatic heterocycles. The summed E-state index contributed by atoms with van der Waals surface area (Å²) in [6.45, 7) is 11.6. The van der Waals surface area contributed by atoms with Gasteiger partial charge in [-0.1, -0.05) is 13.8 Å². The van der Waals surface area contributed by atoms with Gasteiger partial charge in [0.15, 0.2) is 0 Å². The van der Waals surface area contributed by atoms with Gasteiger partial charge in [0.05, 0.1) is 6.61 Å². The van der Waals surface area contributed by atoms with Crippen molar-refractivity contribution in [3.63, 3.8) is 0 Å². The molecule has 2 heterocycles. The number of halogens is 2. The Morgan fingerprint density at radius 1 is 1.18 bits per heavy atom. The minimum Gasteiger partial charge on any atom is -0.366 e. The van der Waals surface area contributed by atoms with E-state index >= 15 is 0 Å². The fraction of sp³-hybridized carbons (Fsp3) is 0.933. The number of amides is 1. The van der Waals surface area contributed by atoms with E-state index in [9.17, 15) is 4.79 Å². The summed E-state index contributed by atoms with van der Waals surface area (Å²) in [6.07, 6.45) is 1.99.